The van der Waals surface area contributed by atoms with Crippen LogP contribution in [0.3, 0.4) is 0 Å². The van der Waals surface area contributed by atoms with Crippen molar-refractivity contribution in [1.29, 1.82) is 0 Å². The molecule has 0 atom stereocenters. The lowest BCUT2D eigenvalue weighted by molar-refractivity contribution is 1.22. The Kier molecular flexibility index (Phi) is 2.23. The van der Waals surface area contributed by atoms with E-state index < -0.39 is 0 Å². The maximum absolute atomic E-state index is 3.60. The second kappa shape index (κ2) is 4.14. The quantitative estimate of drug-likeness (QED) is 0.497. The van der Waals surface area contributed by atoms with Crippen LogP contribution in [0, 0.1) is 0 Å². The predicted octanol–water partition coefficient (Wildman–Crippen LogP) is 3.20. The maximum Gasteiger partial charge on any atom is 0.0464 e. The zero-order chi connectivity index (χ0) is 14.7. The Bertz CT molecular complexity index is 1160. The minimum Gasteiger partial charge on any atom is -0.355 e. The number of hydrogen-bond donors (Lipinski definition) is 2. The molecular weight excluding hydrogens is 268 g/mol. The third-order valence-electron chi connectivity index (χ3n) is 4.75. The van der Waals surface area contributed by atoms with Gasteiger partial charge in [0.05, 0.1) is 0 Å². The number of para-hydroxylation sites is 2. The van der Waals surface area contributed by atoms with Crippen molar-refractivity contribution in [3.63, 3.8) is 0 Å². The lowest BCUT2D eigenvalue weighted by atomic mass is 10.0. The first-order chi connectivity index (χ1) is 10.8. The fourth-order valence-electron chi connectivity index (χ4n) is 3.68. The average Bonchev–Trinajstić information content (AvgIpc) is 3.04. The summed E-state index contributed by atoms with van der Waals surface area (Å²) >= 11 is 0. The molecule has 2 N–H and O–H groups in total. The largest absolute Gasteiger partial charge is 0.355 e. The van der Waals surface area contributed by atoms with Gasteiger partial charge in [-0.05, 0) is 42.7 Å². The summed E-state index contributed by atoms with van der Waals surface area (Å²) in [5.74, 6) is 0. The van der Waals surface area contributed by atoms with E-state index in [1.54, 1.807) is 0 Å². The normalized spacial score (nSPS) is 13.8. The van der Waals surface area contributed by atoms with Crippen LogP contribution in [0.1, 0.15) is 18.2 Å². The van der Waals surface area contributed by atoms with Gasteiger partial charge in [0.1, 0.15) is 0 Å². The summed E-state index contributed by atoms with van der Waals surface area (Å²) in [6, 6.07) is 17.1. The molecule has 0 fully saturated rings. The molecular formula is C20H16N2. The minimum absolute atomic E-state index is 0.982. The summed E-state index contributed by atoms with van der Waals surface area (Å²) < 4.78 is 0. The minimum atomic E-state index is 0.982. The number of fused-ring (bicyclic) bond motifs is 6. The molecule has 106 valence electrons. The van der Waals surface area contributed by atoms with E-state index in [0.29, 0.717) is 0 Å². The molecule has 4 aromatic rings. The Morgan fingerprint density at radius 3 is 2.32 bits per heavy atom. The smallest absolute Gasteiger partial charge is 0.0464 e. The van der Waals surface area contributed by atoms with Crippen LogP contribution < -0.4 is 10.6 Å². The van der Waals surface area contributed by atoms with Crippen LogP contribution in [0.4, 0.5) is 0 Å². The van der Waals surface area contributed by atoms with Gasteiger partial charge >= 0.3 is 0 Å². The number of nitrogens with one attached hydrogen (secondary N) is 2. The van der Waals surface area contributed by atoms with Crippen molar-refractivity contribution in [2.45, 2.75) is 13.3 Å². The first-order valence-corrected chi connectivity index (χ1v) is 7.69. The van der Waals surface area contributed by atoms with E-state index in [4.69, 9.17) is 0 Å². The molecule has 0 bridgehead atoms. The molecule has 0 amide bonds. The molecule has 2 heteroatoms. The molecule has 0 saturated carbocycles. The number of aromatic amines is 2. The second-order valence-corrected chi connectivity index (χ2v) is 6.12. The van der Waals surface area contributed by atoms with Crippen molar-refractivity contribution in [3.05, 3.63) is 70.4 Å². The van der Waals surface area contributed by atoms with Gasteiger partial charge in [-0.3, -0.25) is 0 Å². The standard InChI is InChI=1S/C20H16N2/c1-12-10-15-13-6-2-4-8-17(13)21-19(15)11-16-14-7-3-5-9-18(14)22-20(12)16/h2-9,11,21-22H,10H2,1H3. The van der Waals surface area contributed by atoms with Gasteiger partial charge in [0, 0.05) is 38.1 Å². The number of benzene rings is 2. The molecule has 0 aliphatic heterocycles. The zero-order valence-electron chi connectivity index (χ0n) is 12.4. The summed E-state index contributed by atoms with van der Waals surface area (Å²) in [7, 11) is 0. The highest BCUT2D eigenvalue weighted by atomic mass is 14.7. The predicted molar refractivity (Wildman–Crippen MR) is 92.2 cm³/mol. The number of rotatable bonds is 0. The molecule has 2 heterocycles. The first-order valence-electron chi connectivity index (χ1n) is 7.69. The number of aromatic nitrogens is 2. The molecule has 0 radical (unpaired) electrons. The summed E-state index contributed by atoms with van der Waals surface area (Å²) in [6.07, 6.45) is 3.29. The topological polar surface area (TPSA) is 31.6 Å². The second-order valence-electron chi connectivity index (χ2n) is 6.12. The van der Waals surface area contributed by atoms with Crippen molar-refractivity contribution in [2.75, 3.05) is 0 Å². The van der Waals surface area contributed by atoms with Gasteiger partial charge in [-0.1, -0.05) is 36.4 Å². The van der Waals surface area contributed by atoms with E-state index >= 15 is 0 Å². The van der Waals surface area contributed by atoms with Gasteiger partial charge in [-0.2, -0.15) is 0 Å². The van der Waals surface area contributed by atoms with Crippen molar-refractivity contribution < 1.29 is 0 Å². The molecule has 2 aromatic carbocycles. The Morgan fingerprint density at radius 1 is 0.818 bits per heavy atom. The van der Waals surface area contributed by atoms with Gasteiger partial charge in [0.15, 0.2) is 0 Å². The van der Waals surface area contributed by atoms with Crippen LogP contribution in [-0.4, -0.2) is 9.97 Å². The first kappa shape index (κ1) is 11.9. The fraction of sp³-hybridized carbons (Fsp3) is 0.100. The summed E-state index contributed by atoms with van der Waals surface area (Å²) in [6.45, 7) is 2.24. The van der Waals surface area contributed by atoms with E-state index in [0.717, 1.165) is 6.42 Å². The average molecular weight is 284 g/mol. The number of H-pyrrole nitrogens is 2. The highest BCUT2D eigenvalue weighted by molar-refractivity contribution is 5.91. The Hall–Kier alpha value is -2.74. The van der Waals surface area contributed by atoms with Crippen molar-refractivity contribution in [2.24, 2.45) is 0 Å². The van der Waals surface area contributed by atoms with Crippen molar-refractivity contribution >= 4 is 33.5 Å². The Labute approximate surface area is 127 Å². The van der Waals surface area contributed by atoms with Crippen LogP contribution in [0.15, 0.2) is 48.5 Å². The van der Waals surface area contributed by atoms with E-state index in [2.05, 4.69) is 71.5 Å². The summed E-state index contributed by atoms with van der Waals surface area (Å²) in [4.78, 5) is 7.19. The number of hydrogen-bond acceptors (Lipinski definition) is 0. The van der Waals surface area contributed by atoms with E-state index in [1.807, 2.05) is 0 Å². The molecule has 2 nitrogen and oxygen atoms in total. The summed E-state index contributed by atoms with van der Waals surface area (Å²) in [5.41, 5.74) is 6.47. The van der Waals surface area contributed by atoms with Gasteiger partial charge in [0.25, 0.3) is 0 Å². The van der Waals surface area contributed by atoms with Crippen molar-refractivity contribution in [1.82, 2.24) is 9.97 Å². The molecule has 2 aromatic heterocycles. The molecule has 5 rings (SSSR count). The highest BCUT2D eigenvalue weighted by Gasteiger charge is 2.14. The highest BCUT2D eigenvalue weighted by Crippen LogP contribution is 2.26. The van der Waals surface area contributed by atoms with E-state index in [9.17, 15) is 0 Å². The van der Waals surface area contributed by atoms with Crippen LogP contribution in [0.2, 0.25) is 0 Å². The zero-order valence-corrected chi connectivity index (χ0v) is 12.4. The lowest BCUT2D eigenvalue weighted by Gasteiger charge is -2.00. The van der Waals surface area contributed by atoms with Gasteiger partial charge < -0.3 is 9.97 Å². The molecule has 1 aliphatic rings. The Balaban J connectivity index is 1.97. The molecule has 0 spiro atoms. The third-order valence-corrected chi connectivity index (χ3v) is 4.75. The van der Waals surface area contributed by atoms with Crippen LogP contribution in [0.5, 0.6) is 0 Å². The van der Waals surface area contributed by atoms with E-state index in [-0.39, 0.29) is 0 Å². The molecule has 1 aliphatic carbocycles. The molecule has 0 saturated heterocycles. The van der Waals surface area contributed by atoms with Gasteiger partial charge in [-0.15, -0.1) is 0 Å². The van der Waals surface area contributed by atoms with Gasteiger partial charge in [-0.25, -0.2) is 0 Å². The fourth-order valence-corrected chi connectivity index (χ4v) is 3.68. The van der Waals surface area contributed by atoms with Crippen molar-refractivity contribution in [3.8, 4) is 0 Å². The molecule has 0 unspecified atom stereocenters. The van der Waals surface area contributed by atoms with E-state index in [1.165, 1.54) is 49.2 Å². The third kappa shape index (κ3) is 1.49. The Morgan fingerprint density at radius 2 is 1.50 bits per heavy atom. The monoisotopic (exact) mass is 284 g/mol. The SMILES string of the molecule is CC1=c2[nH]c3ccccc3c2=Cc2[nH]c3ccccc3c2C1. The van der Waals surface area contributed by atoms with Crippen LogP contribution in [0.25, 0.3) is 33.5 Å². The lowest BCUT2D eigenvalue weighted by Crippen LogP contribution is -2.24. The summed E-state index contributed by atoms with van der Waals surface area (Å²) in [5, 5.41) is 5.21. The van der Waals surface area contributed by atoms with Crippen LogP contribution in [-0.2, 0) is 6.42 Å². The maximum atomic E-state index is 3.60. The van der Waals surface area contributed by atoms with Gasteiger partial charge in [0.2, 0.25) is 0 Å². The molecule has 22 heavy (non-hydrogen) atoms. The van der Waals surface area contributed by atoms with Crippen LogP contribution >= 0.6 is 0 Å².